The van der Waals surface area contributed by atoms with Crippen molar-refractivity contribution in [3.8, 4) is 0 Å². The summed E-state index contributed by atoms with van der Waals surface area (Å²) in [5, 5.41) is 3.78. The topological polar surface area (TPSA) is 12.0 Å². The normalized spacial score (nSPS) is 22.1. The Kier molecular flexibility index (Phi) is 4.42. The van der Waals surface area contributed by atoms with Crippen LogP contribution in [0.4, 0.5) is 0 Å². The second-order valence-corrected chi connectivity index (χ2v) is 7.29. The van der Waals surface area contributed by atoms with Crippen molar-refractivity contribution in [1.82, 2.24) is 5.32 Å². The van der Waals surface area contributed by atoms with Gasteiger partial charge in [-0.3, -0.25) is 0 Å². The maximum Gasteiger partial charge on any atom is 0.0155 e. The Bertz CT molecular complexity index is 588. The molecule has 0 amide bonds. The highest BCUT2D eigenvalue weighted by Gasteiger charge is 2.32. The molecule has 3 rings (SSSR count). The van der Waals surface area contributed by atoms with Gasteiger partial charge < -0.3 is 5.32 Å². The molecule has 0 aliphatic heterocycles. The highest BCUT2D eigenvalue weighted by molar-refractivity contribution is 5.65. The van der Waals surface area contributed by atoms with Crippen LogP contribution in [0, 0.1) is 5.92 Å². The Hall–Kier alpha value is -1.50. The largest absolute Gasteiger partial charge is 0.388 e. The van der Waals surface area contributed by atoms with Crippen LogP contribution in [0.15, 0.2) is 41.6 Å². The van der Waals surface area contributed by atoms with Gasteiger partial charge in [0.05, 0.1) is 0 Å². The first-order valence-electron chi connectivity index (χ1n) is 8.88. The molecule has 22 heavy (non-hydrogen) atoms. The first-order chi connectivity index (χ1) is 10.6. The monoisotopic (exact) mass is 295 g/mol. The summed E-state index contributed by atoms with van der Waals surface area (Å²) >= 11 is 0. The molecule has 1 aromatic carbocycles. The number of benzene rings is 1. The Morgan fingerprint density at radius 3 is 2.68 bits per heavy atom. The number of nitrogens with one attached hydrogen (secondary N) is 1. The molecular weight excluding hydrogens is 266 g/mol. The summed E-state index contributed by atoms with van der Waals surface area (Å²) in [6, 6.07) is 8.88. The standard InChI is InChI=1S/C21H29N/c1-4-21(12-11-17-7-5-6-8-19(17)21)13-14-22-20(15-16(2)3)18-9-10-18/h5-8,11-12,16,22H,4,9-10,13-15H2,1-3H3. The van der Waals surface area contributed by atoms with E-state index in [0.29, 0.717) is 0 Å². The number of rotatable bonds is 7. The number of hydrogen-bond donors (Lipinski definition) is 1. The predicted octanol–water partition coefficient (Wildman–Crippen LogP) is 5.43. The second-order valence-electron chi connectivity index (χ2n) is 7.29. The molecule has 0 bridgehead atoms. The van der Waals surface area contributed by atoms with Crippen LogP contribution < -0.4 is 5.32 Å². The lowest BCUT2D eigenvalue weighted by molar-refractivity contribution is 0.464. The summed E-state index contributed by atoms with van der Waals surface area (Å²) in [6.07, 6.45) is 11.0. The van der Waals surface area contributed by atoms with Crippen molar-refractivity contribution in [2.75, 3.05) is 6.54 Å². The zero-order chi connectivity index (χ0) is 15.6. The molecule has 118 valence electrons. The zero-order valence-electron chi connectivity index (χ0n) is 14.3. The van der Waals surface area contributed by atoms with Crippen LogP contribution >= 0.6 is 0 Å². The minimum atomic E-state index is 0.237. The smallest absolute Gasteiger partial charge is 0.0155 e. The SMILES string of the molecule is CCC1(CCNC(CC(C)C)=C2CC2)C=Cc2ccccc21. The fraction of sp³-hybridized carbons (Fsp3) is 0.524. The molecule has 0 heterocycles. The van der Waals surface area contributed by atoms with Crippen LogP contribution in [-0.4, -0.2) is 6.54 Å². The van der Waals surface area contributed by atoms with E-state index in [-0.39, 0.29) is 5.41 Å². The van der Waals surface area contributed by atoms with Crippen molar-refractivity contribution in [2.24, 2.45) is 5.92 Å². The van der Waals surface area contributed by atoms with Gasteiger partial charge in [0.2, 0.25) is 0 Å². The molecule has 1 N–H and O–H groups in total. The molecule has 1 nitrogen and oxygen atoms in total. The number of fused-ring (bicyclic) bond motifs is 1. The van der Waals surface area contributed by atoms with E-state index in [1.807, 2.05) is 0 Å². The first-order valence-corrected chi connectivity index (χ1v) is 8.88. The lowest BCUT2D eigenvalue weighted by Crippen LogP contribution is -2.28. The summed E-state index contributed by atoms with van der Waals surface area (Å²) in [5.74, 6) is 0.739. The maximum absolute atomic E-state index is 3.78. The van der Waals surface area contributed by atoms with Gasteiger partial charge in [-0.2, -0.15) is 0 Å². The Balaban J connectivity index is 1.66. The van der Waals surface area contributed by atoms with Gasteiger partial charge >= 0.3 is 0 Å². The van der Waals surface area contributed by atoms with Gasteiger partial charge in [0, 0.05) is 17.7 Å². The van der Waals surface area contributed by atoms with Gasteiger partial charge in [0.1, 0.15) is 0 Å². The van der Waals surface area contributed by atoms with E-state index < -0.39 is 0 Å². The fourth-order valence-electron chi connectivity index (χ4n) is 3.69. The Morgan fingerprint density at radius 2 is 2.00 bits per heavy atom. The molecule has 1 saturated carbocycles. The van der Waals surface area contributed by atoms with E-state index in [0.717, 1.165) is 12.5 Å². The minimum Gasteiger partial charge on any atom is -0.388 e. The van der Waals surface area contributed by atoms with Crippen molar-refractivity contribution in [2.45, 2.75) is 58.3 Å². The average molecular weight is 295 g/mol. The van der Waals surface area contributed by atoms with E-state index in [4.69, 9.17) is 0 Å². The van der Waals surface area contributed by atoms with Gasteiger partial charge in [-0.25, -0.2) is 0 Å². The van der Waals surface area contributed by atoms with Crippen molar-refractivity contribution in [3.05, 3.63) is 52.7 Å². The summed E-state index contributed by atoms with van der Waals surface area (Å²) in [7, 11) is 0. The van der Waals surface area contributed by atoms with Crippen LogP contribution in [0.25, 0.3) is 6.08 Å². The van der Waals surface area contributed by atoms with Crippen molar-refractivity contribution in [1.29, 1.82) is 0 Å². The highest BCUT2D eigenvalue weighted by Crippen LogP contribution is 2.41. The van der Waals surface area contributed by atoms with Gasteiger partial charge in [-0.1, -0.05) is 62.8 Å². The Morgan fingerprint density at radius 1 is 1.23 bits per heavy atom. The maximum atomic E-state index is 3.78. The third-order valence-corrected chi connectivity index (χ3v) is 5.16. The van der Waals surface area contributed by atoms with E-state index in [1.165, 1.54) is 48.9 Å². The summed E-state index contributed by atoms with van der Waals surface area (Å²) in [5.41, 5.74) is 6.37. The van der Waals surface area contributed by atoms with Gasteiger partial charge in [0.25, 0.3) is 0 Å². The fourth-order valence-corrected chi connectivity index (χ4v) is 3.69. The van der Waals surface area contributed by atoms with Crippen LogP contribution in [-0.2, 0) is 5.41 Å². The van der Waals surface area contributed by atoms with Crippen molar-refractivity contribution >= 4 is 6.08 Å². The number of hydrogen-bond acceptors (Lipinski definition) is 1. The zero-order valence-corrected chi connectivity index (χ0v) is 14.3. The van der Waals surface area contributed by atoms with E-state index in [1.54, 1.807) is 5.57 Å². The van der Waals surface area contributed by atoms with Crippen LogP contribution in [0.3, 0.4) is 0 Å². The Labute approximate surface area is 135 Å². The highest BCUT2D eigenvalue weighted by atomic mass is 14.9. The first kappa shape index (κ1) is 15.4. The van der Waals surface area contributed by atoms with E-state index >= 15 is 0 Å². The average Bonchev–Trinajstić information content (AvgIpc) is 3.29. The van der Waals surface area contributed by atoms with Crippen LogP contribution in [0.5, 0.6) is 0 Å². The molecule has 0 spiro atoms. The van der Waals surface area contributed by atoms with Gasteiger partial charge in [0.15, 0.2) is 0 Å². The van der Waals surface area contributed by atoms with Crippen molar-refractivity contribution in [3.63, 3.8) is 0 Å². The lowest BCUT2D eigenvalue weighted by atomic mass is 9.77. The van der Waals surface area contributed by atoms with E-state index in [9.17, 15) is 0 Å². The molecule has 1 heteroatoms. The molecule has 2 aliphatic rings. The quantitative estimate of drug-likeness (QED) is 0.706. The lowest BCUT2D eigenvalue weighted by Gasteiger charge is -2.29. The molecular formula is C21H29N. The second kappa shape index (κ2) is 6.32. The van der Waals surface area contributed by atoms with Crippen LogP contribution in [0.1, 0.15) is 64.0 Å². The molecule has 0 saturated heterocycles. The predicted molar refractivity (Wildman–Crippen MR) is 95.8 cm³/mol. The summed E-state index contributed by atoms with van der Waals surface area (Å²) in [6.45, 7) is 8.03. The van der Waals surface area contributed by atoms with Crippen molar-refractivity contribution < 1.29 is 0 Å². The molecule has 1 aromatic rings. The third kappa shape index (κ3) is 3.14. The molecule has 0 aromatic heterocycles. The van der Waals surface area contributed by atoms with Gasteiger partial charge in [-0.05, 0) is 49.1 Å². The third-order valence-electron chi connectivity index (χ3n) is 5.16. The minimum absolute atomic E-state index is 0.237. The summed E-state index contributed by atoms with van der Waals surface area (Å²) < 4.78 is 0. The molecule has 2 aliphatic carbocycles. The summed E-state index contributed by atoms with van der Waals surface area (Å²) in [4.78, 5) is 0. The van der Waals surface area contributed by atoms with Crippen LogP contribution in [0.2, 0.25) is 0 Å². The molecule has 1 fully saturated rings. The van der Waals surface area contributed by atoms with E-state index in [2.05, 4.69) is 62.5 Å². The molecule has 1 atom stereocenters. The van der Waals surface area contributed by atoms with Gasteiger partial charge in [-0.15, -0.1) is 0 Å². The number of allylic oxidation sites excluding steroid dienone is 3. The molecule has 0 radical (unpaired) electrons. The molecule has 1 unspecified atom stereocenters.